The highest BCUT2D eigenvalue weighted by molar-refractivity contribution is 6.02. The van der Waals surface area contributed by atoms with Crippen molar-refractivity contribution in [2.75, 3.05) is 5.32 Å². The van der Waals surface area contributed by atoms with Gasteiger partial charge >= 0.3 is 0 Å². The van der Waals surface area contributed by atoms with Crippen molar-refractivity contribution < 1.29 is 9.72 Å². The molecule has 1 aliphatic rings. The first-order chi connectivity index (χ1) is 12.5. The van der Waals surface area contributed by atoms with Gasteiger partial charge in [0.05, 0.1) is 16.1 Å². The lowest BCUT2D eigenvalue weighted by molar-refractivity contribution is -0.385. The van der Waals surface area contributed by atoms with Gasteiger partial charge in [0.25, 0.3) is 11.6 Å². The van der Waals surface area contributed by atoms with Gasteiger partial charge in [-0.3, -0.25) is 14.9 Å². The summed E-state index contributed by atoms with van der Waals surface area (Å²) < 4.78 is 0. The maximum absolute atomic E-state index is 13.0. The average molecular weight is 351 g/mol. The van der Waals surface area contributed by atoms with Crippen molar-refractivity contribution in [3.8, 4) is 0 Å². The summed E-state index contributed by atoms with van der Waals surface area (Å²) in [6.45, 7) is 4.03. The number of nitrogens with zero attached hydrogens (tertiary/aromatic N) is 2. The van der Waals surface area contributed by atoms with Crippen LogP contribution in [0.3, 0.4) is 0 Å². The maximum Gasteiger partial charge on any atom is 0.276 e. The molecule has 0 saturated heterocycles. The first-order valence-electron chi connectivity index (χ1n) is 8.62. The van der Waals surface area contributed by atoms with Gasteiger partial charge in [-0.15, -0.1) is 0 Å². The topological polar surface area (TPSA) is 75.5 Å². The molecular weight excluding hydrogens is 330 g/mol. The third-order valence-electron chi connectivity index (χ3n) is 4.65. The van der Waals surface area contributed by atoms with Gasteiger partial charge in [0, 0.05) is 17.8 Å². The number of nitro benzene ring substituents is 1. The van der Waals surface area contributed by atoms with Gasteiger partial charge in [-0.2, -0.15) is 0 Å². The lowest BCUT2D eigenvalue weighted by atomic mass is 10.0. The second-order valence-electron chi connectivity index (χ2n) is 6.28. The van der Waals surface area contributed by atoms with Crippen LogP contribution in [0.15, 0.2) is 54.6 Å². The normalized spacial score (nSPS) is 17.7. The van der Waals surface area contributed by atoms with Crippen LogP contribution in [0.4, 0.5) is 11.4 Å². The first-order valence-corrected chi connectivity index (χ1v) is 8.62. The predicted octanol–water partition coefficient (Wildman–Crippen LogP) is 4.30. The number of hydrogen-bond acceptors (Lipinski definition) is 4. The quantitative estimate of drug-likeness (QED) is 0.644. The second kappa shape index (κ2) is 7.39. The summed E-state index contributed by atoms with van der Waals surface area (Å²) in [6, 6.07) is 14.0. The summed E-state index contributed by atoms with van der Waals surface area (Å²) >= 11 is 0. The number of nitrogens with one attached hydrogen (secondary N) is 1. The minimum Gasteiger partial charge on any atom is -0.361 e. The number of carbonyl (C=O) groups excluding carboxylic acids is 1. The van der Waals surface area contributed by atoms with E-state index in [4.69, 9.17) is 0 Å². The fourth-order valence-corrected chi connectivity index (χ4v) is 3.09. The summed E-state index contributed by atoms with van der Waals surface area (Å²) in [5, 5.41) is 14.6. The van der Waals surface area contributed by atoms with Crippen molar-refractivity contribution in [3.05, 3.63) is 75.8 Å². The second-order valence-corrected chi connectivity index (χ2v) is 6.28. The van der Waals surface area contributed by atoms with Gasteiger partial charge in [-0.1, -0.05) is 31.2 Å². The molecule has 0 aromatic heterocycles. The Morgan fingerprint density at radius 3 is 2.65 bits per heavy atom. The van der Waals surface area contributed by atoms with Crippen molar-refractivity contribution in [1.82, 2.24) is 4.90 Å². The van der Waals surface area contributed by atoms with Crippen LogP contribution < -0.4 is 5.32 Å². The number of hydrogen-bond donors (Lipinski definition) is 1. The summed E-state index contributed by atoms with van der Waals surface area (Å²) in [4.78, 5) is 25.5. The number of carbonyl (C=O) groups is 1. The van der Waals surface area contributed by atoms with Gasteiger partial charge < -0.3 is 10.2 Å². The Balaban J connectivity index is 1.97. The SMILES string of the molecule is CC[C@H](C)N1C(=O)c2ccccc2N[C@@H]1/C=C/c1ccccc1[N+](=O)[O-]. The zero-order valence-electron chi connectivity index (χ0n) is 14.8. The van der Waals surface area contributed by atoms with E-state index in [-0.39, 0.29) is 23.8 Å². The molecule has 1 aliphatic heterocycles. The highest BCUT2D eigenvalue weighted by atomic mass is 16.6. The molecular formula is C20H21N3O3. The zero-order chi connectivity index (χ0) is 18.7. The Morgan fingerprint density at radius 1 is 1.23 bits per heavy atom. The predicted molar refractivity (Wildman–Crippen MR) is 102 cm³/mol. The monoisotopic (exact) mass is 351 g/mol. The molecule has 1 N–H and O–H groups in total. The fraction of sp³-hybridized carbons (Fsp3) is 0.250. The van der Waals surface area contributed by atoms with E-state index < -0.39 is 4.92 Å². The molecule has 0 bridgehead atoms. The van der Waals surface area contributed by atoms with Gasteiger partial charge in [-0.05, 0) is 43.7 Å². The summed E-state index contributed by atoms with van der Waals surface area (Å²) in [5.74, 6) is -0.0362. The van der Waals surface area contributed by atoms with Crippen molar-refractivity contribution in [3.63, 3.8) is 0 Å². The van der Waals surface area contributed by atoms with E-state index in [1.54, 1.807) is 29.2 Å². The minimum atomic E-state index is -0.402. The highest BCUT2D eigenvalue weighted by Crippen LogP contribution is 2.28. The van der Waals surface area contributed by atoms with E-state index in [9.17, 15) is 14.9 Å². The molecule has 0 saturated carbocycles. The molecule has 1 heterocycles. The van der Waals surface area contributed by atoms with Crippen LogP contribution in [-0.4, -0.2) is 27.9 Å². The Kier molecular flexibility index (Phi) is 5.02. The smallest absolute Gasteiger partial charge is 0.276 e. The average Bonchev–Trinajstić information content (AvgIpc) is 2.66. The molecule has 0 fully saturated rings. The van der Waals surface area contributed by atoms with E-state index in [0.717, 1.165) is 12.1 Å². The highest BCUT2D eigenvalue weighted by Gasteiger charge is 2.33. The fourth-order valence-electron chi connectivity index (χ4n) is 3.09. The van der Waals surface area contributed by atoms with Crippen molar-refractivity contribution in [1.29, 1.82) is 0 Å². The molecule has 3 rings (SSSR count). The molecule has 2 aromatic rings. The van der Waals surface area contributed by atoms with Crippen LogP contribution in [0.1, 0.15) is 36.2 Å². The van der Waals surface area contributed by atoms with E-state index >= 15 is 0 Å². The maximum atomic E-state index is 13.0. The van der Waals surface area contributed by atoms with E-state index in [1.807, 2.05) is 44.2 Å². The molecule has 1 amide bonds. The number of benzene rings is 2. The van der Waals surface area contributed by atoms with Crippen molar-refractivity contribution in [2.45, 2.75) is 32.5 Å². The Bertz CT molecular complexity index is 863. The molecule has 6 heteroatoms. The third kappa shape index (κ3) is 3.31. The number of fused-ring (bicyclic) bond motifs is 1. The van der Waals surface area contributed by atoms with E-state index in [0.29, 0.717) is 11.1 Å². The van der Waals surface area contributed by atoms with Crippen LogP contribution in [0.5, 0.6) is 0 Å². The Labute approximate surface area is 152 Å². The van der Waals surface area contributed by atoms with Gasteiger partial charge in [0.2, 0.25) is 0 Å². The van der Waals surface area contributed by atoms with Crippen LogP contribution in [0, 0.1) is 10.1 Å². The molecule has 26 heavy (non-hydrogen) atoms. The first kappa shape index (κ1) is 17.7. The number of nitro groups is 1. The van der Waals surface area contributed by atoms with Crippen LogP contribution in [0.25, 0.3) is 6.08 Å². The van der Waals surface area contributed by atoms with Crippen LogP contribution in [0.2, 0.25) is 0 Å². The molecule has 2 aromatic carbocycles. The van der Waals surface area contributed by atoms with Gasteiger partial charge in [0.15, 0.2) is 0 Å². The Morgan fingerprint density at radius 2 is 1.92 bits per heavy atom. The van der Waals surface area contributed by atoms with E-state index in [1.165, 1.54) is 6.07 Å². The lowest BCUT2D eigenvalue weighted by Crippen LogP contribution is -2.51. The van der Waals surface area contributed by atoms with Gasteiger partial charge in [-0.25, -0.2) is 0 Å². The summed E-state index contributed by atoms with van der Waals surface area (Å²) in [6.07, 6.45) is 3.95. The van der Waals surface area contributed by atoms with Crippen LogP contribution in [-0.2, 0) is 0 Å². The summed E-state index contributed by atoms with van der Waals surface area (Å²) in [5.41, 5.74) is 1.97. The Hall–Kier alpha value is -3.15. The number of amides is 1. The lowest BCUT2D eigenvalue weighted by Gasteiger charge is -2.40. The molecule has 2 atom stereocenters. The molecule has 6 nitrogen and oxygen atoms in total. The largest absolute Gasteiger partial charge is 0.361 e. The van der Waals surface area contributed by atoms with Crippen molar-refractivity contribution in [2.24, 2.45) is 0 Å². The number of anilines is 1. The number of para-hydroxylation sites is 2. The molecule has 0 unspecified atom stereocenters. The standard InChI is InChI=1S/C20H21N3O3/c1-3-14(2)22-19(21-17-10-6-5-9-16(17)20(22)24)13-12-15-8-4-7-11-18(15)23(25)26/h4-14,19,21H,3H2,1-2H3/b13-12+/t14-,19-/m0/s1. The summed E-state index contributed by atoms with van der Waals surface area (Å²) in [7, 11) is 0. The zero-order valence-corrected chi connectivity index (χ0v) is 14.8. The minimum absolute atomic E-state index is 0.0313. The molecule has 0 aliphatic carbocycles. The molecule has 134 valence electrons. The van der Waals surface area contributed by atoms with Crippen molar-refractivity contribution >= 4 is 23.4 Å². The molecule has 0 radical (unpaired) electrons. The van der Waals surface area contributed by atoms with Gasteiger partial charge in [0.1, 0.15) is 6.17 Å². The van der Waals surface area contributed by atoms with E-state index in [2.05, 4.69) is 5.32 Å². The molecule has 0 spiro atoms. The number of rotatable bonds is 5. The third-order valence-corrected chi connectivity index (χ3v) is 4.65. The van der Waals surface area contributed by atoms with Crippen LogP contribution >= 0.6 is 0 Å².